The number of hydrogen-bond donors (Lipinski definition) is 2. The van der Waals surface area contributed by atoms with Crippen molar-refractivity contribution in [2.75, 3.05) is 26.3 Å². The molecule has 1 aliphatic heterocycles. The number of aliphatic hydroxyl groups excluding tert-OH is 2. The molecule has 1 fully saturated rings. The molecule has 0 unspecified atom stereocenters. The van der Waals surface area contributed by atoms with Gasteiger partial charge in [-0.25, -0.2) is 0 Å². The second kappa shape index (κ2) is 4.57. The van der Waals surface area contributed by atoms with Crippen LogP contribution in [0.15, 0.2) is 12.7 Å². The van der Waals surface area contributed by atoms with Crippen molar-refractivity contribution in [1.82, 2.24) is 4.90 Å². The molecule has 14 heavy (non-hydrogen) atoms. The Balaban J connectivity index is 2.52. The Labute approximate surface area is 83.8 Å². The number of amides is 1. The summed E-state index contributed by atoms with van der Waals surface area (Å²) >= 11 is 0. The summed E-state index contributed by atoms with van der Waals surface area (Å²) in [6.45, 7) is 4.57. The highest BCUT2D eigenvalue weighted by atomic mass is 16.3. The van der Waals surface area contributed by atoms with Crippen LogP contribution in [0.25, 0.3) is 0 Å². The summed E-state index contributed by atoms with van der Waals surface area (Å²) in [5, 5.41) is 18.3. The van der Waals surface area contributed by atoms with Crippen LogP contribution in [0, 0.1) is 5.41 Å². The third kappa shape index (κ3) is 2.13. The first-order chi connectivity index (χ1) is 6.67. The molecule has 1 heterocycles. The number of hydrogen-bond acceptors (Lipinski definition) is 3. The Hall–Kier alpha value is -0.870. The van der Waals surface area contributed by atoms with Crippen molar-refractivity contribution < 1.29 is 15.0 Å². The number of rotatable bonds is 3. The zero-order chi connectivity index (χ0) is 10.6. The second-order valence-electron chi connectivity index (χ2n) is 3.85. The van der Waals surface area contributed by atoms with Crippen LogP contribution < -0.4 is 0 Å². The molecule has 80 valence electrons. The van der Waals surface area contributed by atoms with E-state index >= 15 is 0 Å². The molecule has 0 saturated carbocycles. The Morgan fingerprint density at radius 1 is 1.36 bits per heavy atom. The van der Waals surface area contributed by atoms with Gasteiger partial charge in [-0.15, -0.1) is 0 Å². The Morgan fingerprint density at radius 2 is 1.86 bits per heavy atom. The summed E-state index contributed by atoms with van der Waals surface area (Å²) < 4.78 is 0. The van der Waals surface area contributed by atoms with Crippen LogP contribution >= 0.6 is 0 Å². The van der Waals surface area contributed by atoms with Gasteiger partial charge in [0.2, 0.25) is 5.91 Å². The Bertz CT molecular complexity index is 213. The van der Waals surface area contributed by atoms with Crippen LogP contribution in [0.2, 0.25) is 0 Å². The van der Waals surface area contributed by atoms with Gasteiger partial charge >= 0.3 is 0 Å². The molecule has 0 atom stereocenters. The summed E-state index contributed by atoms with van der Waals surface area (Å²) in [6, 6.07) is 0. The SMILES string of the molecule is C=CC(=O)N1CCC(CO)(CO)CC1. The summed E-state index contributed by atoms with van der Waals surface area (Å²) in [7, 11) is 0. The molecular weight excluding hydrogens is 182 g/mol. The van der Waals surface area contributed by atoms with Crippen molar-refractivity contribution in [1.29, 1.82) is 0 Å². The predicted molar refractivity (Wildman–Crippen MR) is 52.6 cm³/mol. The van der Waals surface area contributed by atoms with Gasteiger partial charge in [-0.2, -0.15) is 0 Å². The summed E-state index contributed by atoms with van der Waals surface area (Å²) in [5.41, 5.74) is -0.391. The van der Waals surface area contributed by atoms with E-state index in [2.05, 4.69) is 6.58 Å². The van der Waals surface area contributed by atoms with Crippen molar-refractivity contribution in [2.45, 2.75) is 12.8 Å². The van der Waals surface area contributed by atoms with Crippen LogP contribution in [-0.4, -0.2) is 47.3 Å². The number of likely N-dealkylation sites (tertiary alicyclic amines) is 1. The molecule has 1 saturated heterocycles. The van der Waals surface area contributed by atoms with E-state index in [0.29, 0.717) is 25.9 Å². The first kappa shape index (κ1) is 11.2. The van der Waals surface area contributed by atoms with Gasteiger partial charge in [0.25, 0.3) is 0 Å². The number of carbonyl (C=O) groups is 1. The van der Waals surface area contributed by atoms with Gasteiger partial charge in [-0.1, -0.05) is 6.58 Å². The van der Waals surface area contributed by atoms with Gasteiger partial charge < -0.3 is 15.1 Å². The maximum atomic E-state index is 11.2. The zero-order valence-corrected chi connectivity index (χ0v) is 8.28. The minimum atomic E-state index is -0.391. The lowest BCUT2D eigenvalue weighted by molar-refractivity contribution is -0.129. The van der Waals surface area contributed by atoms with E-state index in [1.807, 2.05) is 0 Å². The first-order valence-electron chi connectivity index (χ1n) is 4.80. The Kier molecular flexibility index (Phi) is 3.66. The van der Waals surface area contributed by atoms with Gasteiger partial charge in [0.1, 0.15) is 0 Å². The monoisotopic (exact) mass is 199 g/mol. The molecule has 0 aliphatic carbocycles. The number of aliphatic hydroxyl groups is 2. The fourth-order valence-corrected chi connectivity index (χ4v) is 1.70. The molecule has 2 N–H and O–H groups in total. The van der Waals surface area contributed by atoms with Gasteiger partial charge in [-0.05, 0) is 18.9 Å². The van der Waals surface area contributed by atoms with Crippen LogP contribution in [-0.2, 0) is 4.79 Å². The van der Waals surface area contributed by atoms with E-state index in [1.54, 1.807) is 4.90 Å². The van der Waals surface area contributed by atoms with E-state index < -0.39 is 5.41 Å². The predicted octanol–water partition coefficient (Wildman–Crippen LogP) is -0.234. The van der Waals surface area contributed by atoms with Crippen molar-refractivity contribution in [3.05, 3.63) is 12.7 Å². The fraction of sp³-hybridized carbons (Fsp3) is 0.700. The highest BCUT2D eigenvalue weighted by Gasteiger charge is 2.34. The summed E-state index contributed by atoms with van der Waals surface area (Å²) in [6.07, 6.45) is 2.60. The topological polar surface area (TPSA) is 60.8 Å². The average molecular weight is 199 g/mol. The minimum absolute atomic E-state index is 0.0143. The van der Waals surface area contributed by atoms with Crippen molar-refractivity contribution >= 4 is 5.91 Å². The van der Waals surface area contributed by atoms with E-state index in [4.69, 9.17) is 10.2 Å². The van der Waals surface area contributed by atoms with Crippen LogP contribution in [0.5, 0.6) is 0 Å². The lowest BCUT2D eigenvalue weighted by Crippen LogP contribution is -2.45. The summed E-state index contributed by atoms with van der Waals surface area (Å²) in [5.74, 6) is -0.0746. The largest absolute Gasteiger partial charge is 0.396 e. The molecule has 4 nitrogen and oxygen atoms in total. The highest BCUT2D eigenvalue weighted by molar-refractivity contribution is 5.87. The quantitative estimate of drug-likeness (QED) is 0.617. The third-order valence-electron chi connectivity index (χ3n) is 2.98. The van der Waals surface area contributed by atoms with Crippen LogP contribution in [0.4, 0.5) is 0 Å². The van der Waals surface area contributed by atoms with Crippen molar-refractivity contribution in [3.8, 4) is 0 Å². The normalized spacial score (nSPS) is 20.6. The molecule has 0 radical (unpaired) electrons. The molecule has 1 amide bonds. The van der Waals surface area contributed by atoms with Crippen LogP contribution in [0.3, 0.4) is 0 Å². The van der Waals surface area contributed by atoms with Gasteiger partial charge in [0.05, 0.1) is 13.2 Å². The second-order valence-corrected chi connectivity index (χ2v) is 3.85. The zero-order valence-electron chi connectivity index (χ0n) is 8.28. The van der Waals surface area contributed by atoms with Gasteiger partial charge in [0, 0.05) is 18.5 Å². The van der Waals surface area contributed by atoms with Crippen LogP contribution in [0.1, 0.15) is 12.8 Å². The minimum Gasteiger partial charge on any atom is -0.396 e. The molecule has 0 aromatic heterocycles. The highest BCUT2D eigenvalue weighted by Crippen LogP contribution is 2.30. The molecule has 0 bridgehead atoms. The fourth-order valence-electron chi connectivity index (χ4n) is 1.70. The number of nitrogens with zero attached hydrogens (tertiary/aromatic N) is 1. The molecule has 1 rings (SSSR count). The average Bonchev–Trinajstić information content (AvgIpc) is 2.28. The smallest absolute Gasteiger partial charge is 0.245 e. The number of piperidine rings is 1. The van der Waals surface area contributed by atoms with E-state index in [-0.39, 0.29) is 19.1 Å². The van der Waals surface area contributed by atoms with E-state index in [1.165, 1.54) is 6.08 Å². The molecule has 1 aliphatic rings. The van der Waals surface area contributed by atoms with E-state index in [9.17, 15) is 4.79 Å². The maximum absolute atomic E-state index is 11.2. The molecule has 4 heteroatoms. The van der Waals surface area contributed by atoms with Gasteiger partial charge in [-0.3, -0.25) is 4.79 Å². The third-order valence-corrected chi connectivity index (χ3v) is 2.98. The van der Waals surface area contributed by atoms with E-state index in [0.717, 1.165) is 0 Å². The Morgan fingerprint density at radius 3 is 2.21 bits per heavy atom. The number of carbonyl (C=O) groups excluding carboxylic acids is 1. The maximum Gasteiger partial charge on any atom is 0.245 e. The van der Waals surface area contributed by atoms with Crippen molar-refractivity contribution in [3.63, 3.8) is 0 Å². The molecular formula is C10H17NO3. The lowest BCUT2D eigenvalue weighted by atomic mass is 9.80. The first-order valence-corrected chi connectivity index (χ1v) is 4.80. The standard InChI is InChI=1S/C10H17NO3/c1-2-9(14)11-5-3-10(7-12,8-13)4-6-11/h2,12-13H,1,3-8H2. The van der Waals surface area contributed by atoms with Gasteiger partial charge in [0.15, 0.2) is 0 Å². The van der Waals surface area contributed by atoms with Crippen molar-refractivity contribution in [2.24, 2.45) is 5.41 Å². The molecule has 0 spiro atoms. The lowest BCUT2D eigenvalue weighted by Gasteiger charge is -2.39. The molecule has 0 aromatic carbocycles. The molecule has 0 aromatic rings. The summed E-state index contributed by atoms with van der Waals surface area (Å²) in [4.78, 5) is 12.9.